The highest BCUT2D eigenvalue weighted by molar-refractivity contribution is 9.10. The maximum Gasteiger partial charge on any atom is 0.143 e. The van der Waals surface area contributed by atoms with E-state index >= 15 is 0 Å². The van der Waals surface area contributed by atoms with E-state index in [2.05, 4.69) is 50.1 Å². The van der Waals surface area contributed by atoms with E-state index in [0.29, 0.717) is 11.6 Å². The minimum absolute atomic E-state index is 0.157. The van der Waals surface area contributed by atoms with Crippen LogP contribution in [0.2, 0.25) is 5.02 Å². The first kappa shape index (κ1) is 13.9. The Labute approximate surface area is 131 Å². The summed E-state index contributed by atoms with van der Waals surface area (Å²) in [4.78, 5) is 6.72. The fourth-order valence-corrected chi connectivity index (χ4v) is 3.64. The van der Waals surface area contributed by atoms with E-state index < -0.39 is 0 Å². The largest absolute Gasteiger partial charge is 0.347 e. The fraction of sp³-hybridized carbons (Fsp3) is 0.267. The smallest absolute Gasteiger partial charge is 0.143 e. The zero-order valence-electron chi connectivity index (χ0n) is 10.9. The SMILES string of the molecule is NCC1c2ccccc2CCN1c1ncc(Cl)cc1Br. The lowest BCUT2D eigenvalue weighted by Crippen LogP contribution is -2.40. The van der Waals surface area contributed by atoms with E-state index in [1.54, 1.807) is 6.20 Å². The summed E-state index contributed by atoms with van der Waals surface area (Å²) in [6, 6.07) is 10.5. The second-order valence-electron chi connectivity index (χ2n) is 4.85. The highest BCUT2D eigenvalue weighted by Crippen LogP contribution is 2.36. The van der Waals surface area contributed by atoms with Crippen molar-refractivity contribution in [1.29, 1.82) is 0 Å². The summed E-state index contributed by atoms with van der Waals surface area (Å²) in [5, 5.41) is 0.627. The molecule has 1 aromatic heterocycles. The van der Waals surface area contributed by atoms with Crippen LogP contribution in [0.5, 0.6) is 0 Å². The summed E-state index contributed by atoms with van der Waals surface area (Å²) in [6.45, 7) is 1.47. The zero-order chi connectivity index (χ0) is 14.1. The van der Waals surface area contributed by atoms with Crippen LogP contribution in [0.4, 0.5) is 5.82 Å². The maximum absolute atomic E-state index is 6.01. The molecule has 2 heterocycles. The lowest BCUT2D eigenvalue weighted by atomic mass is 9.92. The predicted molar refractivity (Wildman–Crippen MR) is 86.2 cm³/mol. The minimum Gasteiger partial charge on any atom is -0.347 e. The van der Waals surface area contributed by atoms with Crippen LogP contribution >= 0.6 is 27.5 Å². The van der Waals surface area contributed by atoms with Crippen molar-refractivity contribution in [1.82, 2.24) is 4.98 Å². The second kappa shape index (κ2) is 5.72. The number of halogens is 2. The van der Waals surface area contributed by atoms with Gasteiger partial charge >= 0.3 is 0 Å². The normalized spacial score (nSPS) is 17.9. The number of anilines is 1. The van der Waals surface area contributed by atoms with Crippen molar-refractivity contribution in [2.45, 2.75) is 12.5 Å². The Morgan fingerprint density at radius 1 is 1.40 bits per heavy atom. The topological polar surface area (TPSA) is 42.1 Å². The van der Waals surface area contributed by atoms with Crippen molar-refractivity contribution in [2.24, 2.45) is 5.73 Å². The van der Waals surface area contributed by atoms with Gasteiger partial charge in [-0.05, 0) is 39.5 Å². The van der Waals surface area contributed by atoms with Crippen LogP contribution < -0.4 is 10.6 Å². The van der Waals surface area contributed by atoms with Gasteiger partial charge in [0.2, 0.25) is 0 Å². The van der Waals surface area contributed by atoms with Gasteiger partial charge in [0.05, 0.1) is 15.5 Å². The first-order valence-electron chi connectivity index (χ1n) is 6.56. The van der Waals surface area contributed by atoms with Gasteiger partial charge in [-0.3, -0.25) is 0 Å². The molecule has 0 saturated heterocycles. The molecule has 0 fully saturated rings. The van der Waals surface area contributed by atoms with Gasteiger partial charge in [-0.15, -0.1) is 0 Å². The maximum atomic E-state index is 6.01. The van der Waals surface area contributed by atoms with Crippen LogP contribution in [-0.2, 0) is 6.42 Å². The van der Waals surface area contributed by atoms with Crippen LogP contribution in [0, 0.1) is 0 Å². The lowest BCUT2D eigenvalue weighted by Gasteiger charge is -2.38. The van der Waals surface area contributed by atoms with Gasteiger partial charge in [0, 0.05) is 19.3 Å². The Bertz CT molecular complexity index is 632. The molecule has 1 unspecified atom stereocenters. The Morgan fingerprint density at radius 3 is 2.95 bits per heavy atom. The molecule has 0 aliphatic carbocycles. The zero-order valence-corrected chi connectivity index (χ0v) is 13.2. The summed E-state index contributed by atoms with van der Waals surface area (Å²) in [5.41, 5.74) is 8.69. The van der Waals surface area contributed by atoms with Crippen LogP contribution in [0.1, 0.15) is 17.2 Å². The standard InChI is InChI=1S/C15H15BrClN3/c16-13-7-11(17)9-19-15(13)20-6-5-10-3-1-2-4-12(10)14(20)8-18/h1-4,7,9,14H,5-6,8,18H2. The number of pyridine rings is 1. The number of nitrogens with zero attached hydrogens (tertiary/aromatic N) is 2. The van der Waals surface area contributed by atoms with E-state index in [9.17, 15) is 0 Å². The Morgan fingerprint density at radius 2 is 2.20 bits per heavy atom. The van der Waals surface area contributed by atoms with Crippen molar-refractivity contribution in [3.05, 3.63) is 57.2 Å². The van der Waals surface area contributed by atoms with E-state index in [0.717, 1.165) is 23.3 Å². The second-order valence-corrected chi connectivity index (χ2v) is 6.14. The predicted octanol–water partition coefficient (Wildman–Crippen LogP) is 3.56. The van der Waals surface area contributed by atoms with E-state index in [1.807, 2.05) is 6.07 Å². The van der Waals surface area contributed by atoms with Crippen molar-refractivity contribution < 1.29 is 0 Å². The van der Waals surface area contributed by atoms with Gasteiger partial charge in [0.25, 0.3) is 0 Å². The van der Waals surface area contributed by atoms with Crippen molar-refractivity contribution in [3.63, 3.8) is 0 Å². The molecule has 1 aliphatic heterocycles. The lowest BCUT2D eigenvalue weighted by molar-refractivity contribution is 0.583. The third-order valence-corrected chi connectivity index (χ3v) is 4.49. The van der Waals surface area contributed by atoms with Gasteiger partial charge in [0.15, 0.2) is 0 Å². The van der Waals surface area contributed by atoms with Crippen molar-refractivity contribution in [3.8, 4) is 0 Å². The average molecular weight is 353 g/mol. The Hall–Kier alpha value is -1.10. The van der Waals surface area contributed by atoms with Crippen LogP contribution in [0.3, 0.4) is 0 Å². The molecule has 0 radical (unpaired) electrons. The number of fused-ring (bicyclic) bond motifs is 1. The van der Waals surface area contributed by atoms with E-state index in [4.69, 9.17) is 17.3 Å². The van der Waals surface area contributed by atoms with Crippen LogP contribution in [-0.4, -0.2) is 18.1 Å². The Kier molecular flexibility index (Phi) is 3.96. The average Bonchev–Trinajstić information content (AvgIpc) is 2.46. The molecule has 1 aliphatic rings. The molecule has 2 N–H and O–H groups in total. The number of rotatable bonds is 2. The number of benzene rings is 1. The summed E-state index contributed by atoms with van der Waals surface area (Å²) in [6.07, 6.45) is 2.68. The third kappa shape index (κ3) is 2.43. The highest BCUT2D eigenvalue weighted by atomic mass is 79.9. The molecule has 0 amide bonds. The van der Waals surface area contributed by atoms with Crippen LogP contribution in [0.15, 0.2) is 41.0 Å². The molecule has 104 valence electrons. The monoisotopic (exact) mass is 351 g/mol. The van der Waals surface area contributed by atoms with Gasteiger partial charge in [0.1, 0.15) is 5.82 Å². The van der Waals surface area contributed by atoms with E-state index in [-0.39, 0.29) is 6.04 Å². The molecule has 3 rings (SSSR count). The summed E-state index contributed by atoms with van der Waals surface area (Å²) >= 11 is 9.52. The first-order chi connectivity index (χ1) is 9.70. The number of aromatic nitrogens is 1. The third-order valence-electron chi connectivity index (χ3n) is 3.70. The van der Waals surface area contributed by atoms with Gasteiger partial charge in [-0.2, -0.15) is 0 Å². The minimum atomic E-state index is 0.157. The molecular weight excluding hydrogens is 338 g/mol. The Balaban J connectivity index is 2.03. The molecule has 20 heavy (non-hydrogen) atoms. The molecule has 1 atom stereocenters. The van der Waals surface area contributed by atoms with Gasteiger partial charge in [-0.1, -0.05) is 35.9 Å². The summed E-state index contributed by atoms with van der Waals surface area (Å²) < 4.78 is 0.905. The molecule has 0 spiro atoms. The van der Waals surface area contributed by atoms with Crippen LogP contribution in [0.25, 0.3) is 0 Å². The quantitative estimate of drug-likeness (QED) is 0.898. The molecule has 1 aromatic carbocycles. The van der Waals surface area contributed by atoms with E-state index in [1.165, 1.54) is 11.1 Å². The van der Waals surface area contributed by atoms with Crippen molar-refractivity contribution >= 4 is 33.3 Å². The fourth-order valence-electron chi connectivity index (χ4n) is 2.78. The number of hydrogen-bond donors (Lipinski definition) is 1. The first-order valence-corrected chi connectivity index (χ1v) is 7.73. The van der Waals surface area contributed by atoms with Gasteiger partial charge in [-0.25, -0.2) is 4.98 Å². The number of nitrogens with two attached hydrogens (primary N) is 1. The van der Waals surface area contributed by atoms with Gasteiger partial charge < -0.3 is 10.6 Å². The van der Waals surface area contributed by atoms with Crippen molar-refractivity contribution in [2.75, 3.05) is 18.0 Å². The molecular formula is C15H15BrClN3. The molecule has 5 heteroatoms. The number of hydrogen-bond acceptors (Lipinski definition) is 3. The highest BCUT2D eigenvalue weighted by Gasteiger charge is 2.28. The summed E-state index contributed by atoms with van der Waals surface area (Å²) in [7, 11) is 0. The summed E-state index contributed by atoms with van der Waals surface area (Å²) in [5.74, 6) is 0.902. The molecule has 0 saturated carbocycles. The molecule has 0 bridgehead atoms. The molecule has 3 nitrogen and oxygen atoms in total. The molecule has 2 aromatic rings.